The highest BCUT2D eigenvalue weighted by atomic mass is 32.1. The minimum atomic E-state index is 0.181. The van der Waals surface area contributed by atoms with E-state index in [0.717, 1.165) is 55.2 Å². The van der Waals surface area contributed by atoms with Gasteiger partial charge < -0.3 is 9.80 Å². The number of nitrogens with zero attached hydrogens (tertiary/aromatic N) is 4. The van der Waals surface area contributed by atoms with Gasteiger partial charge in [-0.2, -0.15) is 0 Å². The van der Waals surface area contributed by atoms with E-state index in [-0.39, 0.29) is 5.91 Å². The second kappa shape index (κ2) is 7.75. The van der Waals surface area contributed by atoms with Crippen molar-refractivity contribution in [3.05, 3.63) is 40.5 Å². The van der Waals surface area contributed by atoms with E-state index in [9.17, 15) is 4.79 Å². The van der Waals surface area contributed by atoms with Gasteiger partial charge in [-0.1, -0.05) is 6.07 Å². The molecule has 1 atom stereocenters. The smallest absolute Gasteiger partial charge is 0.263 e. The Morgan fingerprint density at radius 1 is 1.29 bits per heavy atom. The number of anilines is 1. The topological polar surface area (TPSA) is 49.3 Å². The third-order valence-corrected chi connectivity index (χ3v) is 5.37. The molecule has 24 heavy (non-hydrogen) atoms. The minimum absolute atomic E-state index is 0.181. The molecule has 128 valence electrons. The largest absolute Gasteiger partial charge is 0.361 e. The normalized spacial score (nSPS) is 18.2. The van der Waals surface area contributed by atoms with Gasteiger partial charge in [0.25, 0.3) is 5.91 Å². The number of likely N-dealkylation sites (tertiary alicyclic amines) is 1. The summed E-state index contributed by atoms with van der Waals surface area (Å²) in [5, 5.41) is 1.96. The molecule has 0 unspecified atom stereocenters. The van der Waals surface area contributed by atoms with Crippen LogP contribution in [0, 0.1) is 5.92 Å². The third-order valence-electron chi connectivity index (χ3n) is 4.51. The standard InChI is InChI=1S/C18H24N4OS/c1-21(2)17-13-19-15(12-20-17)11-14-5-3-8-22(9-7-14)18(23)16-6-4-10-24-16/h4,6,10,12-14H,3,5,7-9,11H2,1-2H3/t14-/m0/s1. The first-order chi connectivity index (χ1) is 11.6. The predicted molar refractivity (Wildman–Crippen MR) is 97.6 cm³/mol. The Kier molecular flexibility index (Phi) is 5.45. The molecule has 3 heterocycles. The average Bonchev–Trinajstić information content (AvgIpc) is 3.02. The van der Waals surface area contributed by atoms with Crippen LogP contribution in [-0.4, -0.2) is 48.0 Å². The molecule has 1 aliphatic rings. The van der Waals surface area contributed by atoms with Crippen LogP contribution in [0.15, 0.2) is 29.9 Å². The summed E-state index contributed by atoms with van der Waals surface area (Å²) in [7, 11) is 3.93. The van der Waals surface area contributed by atoms with Gasteiger partial charge in [0.05, 0.1) is 23.0 Å². The lowest BCUT2D eigenvalue weighted by molar-refractivity contribution is 0.0765. The van der Waals surface area contributed by atoms with E-state index >= 15 is 0 Å². The molecular formula is C18H24N4OS. The van der Waals surface area contributed by atoms with Crippen LogP contribution >= 0.6 is 11.3 Å². The van der Waals surface area contributed by atoms with Crippen molar-refractivity contribution in [2.45, 2.75) is 25.7 Å². The Hall–Kier alpha value is -1.95. The van der Waals surface area contributed by atoms with Crippen LogP contribution in [0.2, 0.25) is 0 Å². The van der Waals surface area contributed by atoms with E-state index in [1.807, 2.05) is 53.8 Å². The van der Waals surface area contributed by atoms with Gasteiger partial charge >= 0.3 is 0 Å². The van der Waals surface area contributed by atoms with Crippen molar-refractivity contribution >= 4 is 23.1 Å². The Labute approximate surface area is 147 Å². The zero-order chi connectivity index (χ0) is 16.9. The molecule has 0 saturated carbocycles. The molecule has 1 saturated heterocycles. The molecule has 0 bridgehead atoms. The lowest BCUT2D eigenvalue weighted by Crippen LogP contribution is -2.31. The lowest BCUT2D eigenvalue weighted by atomic mass is 9.95. The van der Waals surface area contributed by atoms with Crippen molar-refractivity contribution in [2.24, 2.45) is 5.92 Å². The van der Waals surface area contributed by atoms with Gasteiger partial charge in [-0.25, -0.2) is 4.98 Å². The van der Waals surface area contributed by atoms with E-state index in [1.165, 1.54) is 11.3 Å². The van der Waals surface area contributed by atoms with Gasteiger partial charge in [0.2, 0.25) is 0 Å². The molecule has 6 heteroatoms. The van der Waals surface area contributed by atoms with E-state index in [0.29, 0.717) is 5.92 Å². The highest BCUT2D eigenvalue weighted by molar-refractivity contribution is 7.12. The minimum Gasteiger partial charge on any atom is -0.361 e. The van der Waals surface area contributed by atoms with Crippen molar-refractivity contribution in [1.82, 2.24) is 14.9 Å². The molecule has 1 amide bonds. The van der Waals surface area contributed by atoms with Crippen molar-refractivity contribution in [1.29, 1.82) is 0 Å². The number of thiophene rings is 1. The first-order valence-electron chi connectivity index (χ1n) is 8.44. The van der Waals surface area contributed by atoms with Crippen LogP contribution in [0.25, 0.3) is 0 Å². The molecule has 2 aromatic rings. The van der Waals surface area contributed by atoms with Gasteiger partial charge in [0.15, 0.2) is 0 Å². The van der Waals surface area contributed by atoms with Gasteiger partial charge in [-0.05, 0) is 43.0 Å². The maximum Gasteiger partial charge on any atom is 0.263 e. The maximum atomic E-state index is 12.5. The molecule has 0 spiro atoms. The van der Waals surface area contributed by atoms with E-state index in [1.54, 1.807) is 0 Å². The first kappa shape index (κ1) is 16.9. The number of amides is 1. The van der Waals surface area contributed by atoms with Gasteiger partial charge in [-0.15, -0.1) is 11.3 Å². The molecule has 0 aromatic carbocycles. The van der Waals surface area contributed by atoms with Crippen molar-refractivity contribution in [2.75, 3.05) is 32.1 Å². The second-order valence-electron chi connectivity index (χ2n) is 6.53. The zero-order valence-corrected chi connectivity index (χ0v) is 15.1. The van der Waals surface area contributed by atoms with Crippen LogP contribution < -0.4 is 4.90 Å². The third kappa shape index (κ3) is 4.12. The average molecular weight is 344 g/mol. The van der Waals surface area contributed by atoms with Crippen LogP contribution in [0.3, 0.4) is 0 Å². The summed E-state index contributed by atoms with van der Waals surface area (Å²) in [4.78, 5) is 26.3. The number of hydrogen-bond donors (Lipinski definition) is 0. The summed E-state index contributed by atoms with van der Waals surface area (Å²) in [6.07, 6.45) is 7.90. The molecule has 3 rings (SSSR count). The fourth-order valence-electron chi connectivity index (χ4n) is 3.11. The fourth-order valence-corrected chi connectivity index (χ4v) is 3.80. The lowest BCUT2D eigenvalue weighted by Gasteiger charge is -2.20. The summed E-state index contributed by atoms with van der Waals surface area (Å²) in [6.45, 7) is 1.70. The van der Waals surface area contributed by atoms with Gasteiger partial charge in [-0.3, -0.25) is 9.78 Å². The van der Waals surface area contributed by atoms with Crippen molar-refractivity contribution in [3.8, 4) is 0 Å². The van der Waals surface area contributed by atoms with E-state index in [2.05, 4.69) is 9.97 Å². The van der Waals surface area contributed by atoms with Gasteiger partial charge in [0.1, 0.15) is 5.82 Å². The molecule has 0 aliphatic carbocycles. The molecular weight excluding hydrogens is 320 g/mol. The Morgan fingerprint density at radius 2 is 2.17 bits per heavy atom. The summed E-state index contributed by atoms with van der Waals surface area (Å²) < 4.78 is 0. The summed E-state index contributed by atoms with van der Waals surface area (Å²) in [5.74, 6) is 1.64. The Balaban J connectivity index is 1.56. The van der Waals surface area contributed by atoms with E-state index in [4.69, 9.17) is 0 Å². The van der Waals surface area contributed by atoms with Crippen molar-refractivity contribution < 1.29 is 4.79 Å². The fraction of sp³-hybridized carbons (Fsp3) is 0.500. The van der Waals surface area contributed by atoms with Crippen molar-refractivity contribution in [3.63, 3.8) is 0 Å². The first-order valence-corrected chi connectivity index (χ1v) is 9.32. The molecule has 1 fully saturated rings. The van der Waals surface area contributed by atoms with Crippen LogP contribution in [0.4, 0.5) is 5.82 Å². The summed E-state index contributed by atoms with van der Waals surface area (Å²) in [6, 6.07) is 3.85. The number of carbonyl (C=O) groups excluding carboxylic acids is 1. The van der Waals surface area contributed by atoms with Crippen LogP contribution in [0.1, 0.15) is 34.6 Å². The zero-order valence-electron chi connectivity index (χ0n) is 14.3. The molecule has 2 aromatic heterocycles. The SMILES string of the molecule is CN(C)c1cnc(C[C@H]2CCCN(C(=O)c3cccs3)CC2)cn1. The maximum absolute atomic E-state index is 12.5. The molecule has 0 N–H and O–H groups in total. The second-order valence-corrected chi connectivity index (χ2v) is 7.48. The molecule has 1 aliphatic heterocycles. The van der Waals surface area contributed by atoms with Crippen LogP contribution in [-0.2, 0) is 6.42 Å². The number of rotatable bonds is 4. The highest BCUT2D eigenvalue weighted by Gasteiger charge is 2.22. The van der Waals surface area contributed by atoms with Gasteiger partial charge in [0, 0.05) is 27.2 Å². The predicted octanol–water partition coefficient (Wildman–Crippen LogP) is 3.09. The number of carbonyl (C=O) groups is 1. The highest BCUT2D eigenvalue weighted by Crippen LogP contribution is 2.23. The Morgan fingerprint density at radius 3 is 2.83 bits per heavy atom. The summed E-state index contributed by atoms with van der Waals surface area (Å²) >= 11 is 1.53. The monoisotopic (exact) mass is 344 g/mol. The Bertz CT molecular complexity index is 654. The molecule has 5 nitrogen and oxygen atoms in total. The quantitative estimate of drug-likeness (QED) is 0.855. The van der Waals surface area contributed by atoms with Crippen LogP contribution in [0.5, 0.6) is 0 Å². The molecule has 0 radical (unpaired) electrons. The number of aromatic nitrogens is 2. The summed E-state index contributed by atoms with van der Waals surface area (Å²) in [5.41, 5.74) is 1.05. The number of hydrogen-bond acceptors (Lipinski definition) is 5. The van der Waals surface area contributed by atoms with E-state index < -0.39 is 0 Å².